The molecule has 2 rings (SSSR count). The summed E-state index contributed by atoms with van der Waals surface area (Å²) in [5.74, 6) is -1.43. The number of carbonyl (C=O) groups is 3. The highest BCUT2D eigenvalue weighted by atomic mass is 32.1. The van der Waals surface area contributed by atoms with Gasteiger partial charge in [0.25, 0.3) is 5.91 Å². The van der Waals surface area contributed by atoms with Crippen molar-refractivity contribution in [3.63, 3.8) is 0 Å². The maximum absolute atomic E-state index is 12.4. The SMILES string of the molecule is CCNC(=O)Nc1ccc(-c2nc(C(=O)NC(C)(C)C)c(C(=O)O)s2)cn1. The zero-order valence-corrected chi connectivity index (χ0v) is 16.2. The molecule has 2 aromatic heterocycles. The second-order valence-corrected chi connectivity index (χ2v) is 7.62. The Kier molecular flexibility index (Phi) is 6.11. The highest BCUT2D eigenvalue weighted by molar-refractivity contribution is 7.17. The van der Waals surface area contributed by atoms with E-state index in [0.717, 1.165) is 11.3 Å². The van der Waals surface area contributed by atoms with Crippen LogP contribution in [0.15, 0.2) is 18.3 Å². The number of aromatic carboxylic acids is 1. The lowest BCUT2D eigenvalue weighted by molar-refractivity contribution is 0.0694. The molecule has 0 aliphatic heterocycles. The zero-order valence-electron chi connectivity index (χ0n) is 15.4. The average Bonchev–Trinajstić information content (AvgIpc) is 3.00. The Bertz CT molecular complexity index is 855. The quantitative estimate of drug-likeness (QED) is 0.619. The van der Waals surface area contributed by atoms with Crippen LogP contribution in [0.3, 0.4) is 0 Å². The maximum Gasteiger partial charge on any atom is 0.348 e. The molecule has 2 heterocycles. The fourth-order valence-corrected chi connectivity index (χ4v) is 2.95. The minimum atomic E-state index is -1.22. The first-order valence-corrected chi connectivity index (χ1v) is 9.00. The number of pyridine rings is 1. The summed E-state index contributed by atoms with van der Waals surface area (Å²) in [5, 5.41) is 17.6. The minimum absolute atomic E-state index is 0.137. The number of amides is 3. The van der Waals surface area contributed by atoms with Crippen LogP contribution in [-0.4, -0.2) is 45.1 Å². The van der Waals surface area contributed by atoms with Crippen molar-refractivity contribution in [3.8, 4) is 10.6 Å². The van der Waals surface area contributed by atoms with Crippen molar-refractivity contribution >= 4 is 35.1 Å². The van der Waals surface area contributed by atoms with E-state index in [-0.39, 0.29) is 16.6 Å². The lowest BCUT2D eigenvalue weighted by Gasteiger charge is -2.19. The zero-order chi connectivity index (χ0) is 20.2. The summed E-state index contributed by atoms with van der Waals surface area (Å²) < 4.78 is 0. The predicted molar refractivity (Wildman–Crippen MR) is 102 cm³/mol. The van der Waals surface area contributed by atoms with E-state index in [0.29, 0.717) is 22.9 Å². The fraction of sp³-hybridized carbons (Fsp3) is 0.353. The van der Waals surface area contributed by atoms with Gasteiger partial charge in [0.05, 0.1) is 0 Å². The van der Waals surface area contributed by atoms with Gasteiger partial charge in [-0.05, 0) is 39.8 Å². The molecule has 0 unspecified atom stereocenters. The van der Waals surface area contributed by atoms with Crippen molar-refractivity contribution in [2.45, 2.75) is 33.2 Å². The number of anilines is 1. The van der Waals surface area contributed by atoms with Crippen LogP contribution in [0, 0.1) is 0 Å². The Morgan fingerprint density at radius 3 is 2.44 bits per heavy atom. The van der Waals surface area contributed by atoms with Crippen LogP contribution in [0.25, 0.3) is 10.6 Å². The summed E-state index contributed by atoms with van der Waals surface area (Å²) >= 11 is 0.892. The smallest absolute Gasteiger partial charge is 0.348 e. The molecule has 27 heavy (non-hydrogen) atoms. The van der Waals surface area contributed by atoms with E-state index < -0.39 is 17.4 Å². The Morgan fingerprint density at radius 1 is 1.22 bits per heavy atom. The van der Waals surface area contributed by atoms with Gasteiger partial charge in [-0.1, -0.05) is 0 Å². The first kappa shape index (κ1) is 20.3. The lowest BCUT2D eigenvalue weighted by Crippen LogP contribution is -2.41. The summed E-state index contributed by atoms with van der Waals surface area (Å²) in [6.45, 7) is 7.67. The third kappa shape index (κ3) is 5.48. The van der Waals surface area contributed by atoms with E-state index in [1.165, 1.54) is 6.20 Å². The number of aromatic nitrogens is 2. The van der Waals surface area contributed by atoms with Crippen molar-refractivity contribution in [2.75, 3.05) is 11.9 Å². The number of urea groups is 1. The van der Waals surface area contributed by atoms with Gasteiger partial charge in [0.1, 0.15) is 15.7 Å². The number of rotatable bonds is 5. The molecule has 0 aromatic carbocycles. The number of carboxylic acids is 1. The molecule has 0 atom stereocenters. The van der Waals surface area contributed by atoms with Gasteiger partial charge in [0, 0.05) is 23.8 Å². The van der Waals surface area contributed by atoms with E-state index in [1.807, 2.05) is 0 Å². The number of hydrogen-bond donors (Lipinski definition) is 4. The molecule has 0 bridgehead atoms. The molecule has 0 saturated carbocycles. The van der Waals surface area contributed by atoms with Gasteiger partial charge in [-0.3, -0.25) is 10.1 Å². The molecule has 2 aromatic rings. The summed E-state index contributed by atoms with van der Waals surface area (Å²) in [4.78, 5) is 43.5. The number of carbonyl (C=O) groups excluding carboxylic acids is 2. The van der Waals surface area contributed by atoms with Crippen molar-refractivity contribution in [2.24, 2.45) is 0 Å². The van der Waals surface area contributed by atoms with Crippen LogP contribution in [0.4, 0.5) is 10.6 Å². The lowest BCUT2D eigenvalue weighted by atomic mass is 10.1. The van der Waals surface area contributed by atoms with Crippen molar-refractivity contribution in [1.29, 1.82) is 0 Å². The fourth-order valence-electron chi connectivity index (χ4n) is 2.06. The molecule has 0 fully saturated rings. The molecule has 0 aliphatic rings. The highest BCUT2D eigenvalue weighted by Crippen LogP contribution is 2.28. The Balaban J connectivity index is 2.28. The topological polar surface area (TPSA) is 133 Å². The Labute approximate surface area is 160 Å². The highest BCUT2D eigenvalue weighted by Gasteiger charge is 2.26. The molecule has 144 valence electrons. The van der Waals surface area contributed by atoms with Gasteiger partial charge in [0.2, 0.25) is 0 Å². The predicted octanol–water partition coefficient (Wildman–Crippen LogP) is 2.57. The van der Waals surface area contributed by atoms with Gasteiger partial charge in [-0.15, -0.1) is 11.3 Å². The third-order valence-electron chi connectivity index (χ3n) is 3.11. The second kappa shape index (κ2) is 8.12. The summed E-state index contributed by atoms with van der Waals surface area (Å²) in [6, 6.07) is 2.84. The molecule has 0 radical (unpaired) electrons. The van der Waals surface area contributed by atoms with Crippen molar-refractivity contribution in [3.05, 3.63) is 28.9 Å². The van der Waals surface area contributed by atoms with Crippen LogP contribution in [-0.2, 0) is 0 Å². The van der Waals surface area contributed by atoms with Crippen LogP contribution in [0.2, 0.25) is 0 Å². The van der Waals surface area contributed by atoms with E-state index in [9.17, 15) is 19.5 Å². The largest absolute Gasteiger partial charge is 0.477 e. The van der Waals surface area contributed by atoms with Gasteiger partial charge in [-0.25, -0.2) is 19.6 Å². The Hall–Kier alpha value is -3.01. The van der Waals surface area contributed by atoms with Gasteiger partial charge >= 0.3 is 12.0 Å². The summed E-state index contributed by atoms with van der Waals surface area (Å²) in [6.07, 6.45) is 1.46. The first-order valence-electron chi connectivity index (χ1n) is 8.18. The monoisotopic (exact) mass is 391 g/mol. The molecule has 0 saturated heterocycles. The molecular formula is C17H21N5O4S. The minimum Gasteiger partial charge on any atom is -0.477 e. The summed E-state index contributed by atoms with van der Waals surface area (Å²) in [7, 11) is 0. The molecule has 9 nitrogen and oxygen atoms in total. The van der Waals surface area contributed by atoms with Crippen LogP contribution >= 0.6 is 11.3 Å². The first-order chi connectivity index (χ1) is 12.6. The van der Waals surface area contributed by atoms with Gasteiger partial charge in [-0.2, -0.15) is 0 Å². The van der Waals surface area contributed by atoms with Crippen LogP contribution in [0.5, 0.6) is 0 Å². The number of thiazole rings is 1. The number of hydrogen-bond acceptors (Lipinski definition) is 6. The van der Waals surface area contributed by atoms with Crippen LogP contribution in [0.1, 0.15) is 47.9 Å². The molecule has 10 heteroatoms. The number of carboxylic acid groups (broad SMARTS) is 1. The number of nitrogens with one attached hydrogen (secondary N) is 3. The Morgan fingerprint density at radius 2 is 1.93 bits per heavy atom. The number of nitrogens with zero attached hydrogens (tertiary/aromatic N) is 2. The van der Waals surface area contributed by atoms with Gasteiger partial charge < -0.3 is 15.7 Å². The van der Waals surface area contributed by atoms with Crippen molar-refractivity contribution < 1.29 is 19.5 Å². The van der Waals surface area contributed by atoms with Gasteiger partial charge in [0.15, 0.2) is 5.69 Å². The van der Waals surface area contributed by atoms with E-state index in [1.54, 1.807) is 39.8 Å². The summed E-state index contributed by atoms with van der Waals surface area (Å²) in [5.41, 5.74) is -0.120. The molecular weight excluding hydrogens is 370 g/mol. The molecule has 0 spiro atoms. The van der Waals surface area contributed by atoms with E-state index in [2.05, 4.69) is 25.9 Å². The molecule has 3 amide bonds. The maximum atomic E-state index is 12.4. The normalized spacial score (nSPS) is 11.0. The molecule has 4 N–H and O–H groups in total. The molecule has 0 aliphatic carbocycles. The van der Waals surface area contributed by atoms with Crippen molar-refractivity contribution in [1.82, 2.24) is 20.6 Å². The standard InChI is InChI=1S/C17H21N5O4S/c1-5-18-16(26)20-10-7-6-9(8-19-10)14-21-11(12(27-14)15(24)25)13(23)22-17(2,3)4/h6-8H,5H2,1-4H3,(H,22,23)(H,24,25)(H2,18,19,20,26). The van der Waals surface area contributed by atoms with E-state index >= 15 is 0 Å². The second-order valence-electron chi connectivity index (χ2n) is 6.62. The van der Waals surface area contributed by atoms with Crippen LogP contribution < -0.4 is 16.0 Å². The average molecular weight is 391 g/mol. The van der Waals surface area contributed by atoms with E-state index in [4.69, 9.17) is 0 Å². The third-order valence-corrected chi connectivity index (χ3v) is 4.21.